The average Bonchev–Trinajstić information content (AvgIpc) is 2.98. The number of piperidine rings is 1. The van der Waals surface area contributed by atoms with Crippen LogP contribution in [0.25, 0.3) is 0 Å². The molecule has 2 atom stereocenters. The Labute approximate surface area is 176 Å². The summed E-state index contributed by atoms with van der Waals surface area (Å²) in [4.78, 5) is 25.8. The van der Waals surface area contributed by atoms with Gasteiger partial charge in [-0.2, -0.15) is 0 Å². The lowest BCUT2D eigenvalue weighted by Crippen LogP contribution is -2.47. The lowest BCUT2D eigenvalue weighted by atomic mass is 9.93. The molecule has 2 aliphatic rings. The Morgan fingerprint density at radius 2 is 2.07 bits per heavy atom. The van der Waals surface area contributed by atoms with E-state index in [2.05, 4.69) is 10.2 Å². The summed E-state index contributed by atoms with van der Waals surface area (Å²) in [6, 6.07) is 3.36. The van der Waals surface area contributed by atoms with Crippen LogP contribution in [0.5, 0.6) is 17.2 Å². The molecule has 2 heterocycles. The van der Waals surface area contributed by atoms with Gasteiger partial charge in [-0.25, -0.2) is 0 Å². The fourth-order valence-corrected chi connectivity index (χ4v) is 3.85. The maximum atomic E-state index is 12.8. The minimum Gasteiger partial charge on any atom is -0.493 e. The number of amides is 2. The first-order chi connectivity index (χ1) is 14.5. The number of primary amides is 1. The van der Waals surface area contributed by atoms with Crippen molar-refractivity contribution < 1.29 is 28.9 Å². The maximum absolute atomic E-state index is 12.8. The molecular weight excluding hydrogens is 390 g/mol. The van der Waals surface area contributed by atoms with Gasteiger partial charge in [-0.1, -0.05) is 0 Å². The fourth-order valence-electron chi connectivity index (χ4n) is 3.85. The normalized spacial score (nSPS) is 21.5. The van der Waals surface area contributed by atoms with Crippen LogP contribution in [-0.2, 0) is 4.79 Å². The van der Waals surface area contributed by atoms with Crippen LogP contribution in [0.15, 0.2) is 12.1 Å². The summed E-state index contributed by atoms with van der Waals surface area (Å²) >= 11 is 0. The molecule has 0 aromatic heterocycles. The molecule has 1 aromatic rings. The number of hydrogen-bond acceptors (Lipinski definition) is 7. The number of benzene rings is 1. The highest BCUT2D eigenvalue weighted by Gasteiger charge is 2.29. The first-order valence-corrected chi connectivity index (χ1v) is 10.4. The summed E-state index contributed by atoms with van der Waals surface area (Å²) in [5.74, 6) is 0.772. The third-order valence-corrected chi connectivity index (χ3v) is 5.55. The maximum Gasteiger partial charge on any atom is 0.255 e. The summed E-state index contributed by atoms with van der Waals surface area (Å²) in [6.45, 7) is 3.40. The molecule has 0 aliphatic carbocycles. The van der Waals surface area contributed by atoms with Gasteiger partial charge in [-0.05, 0) is 38.1 Å². The van der Waals surface area contributed by atoms with E-state index in [1.54, 1.807) is 19.2 Å². The van der Waals surface area contributed by atoms with Crippen LogP contribution >= 0.6 is 0 Å². The van der Waals surface area contributed by atoms with Crippen molar-refractivity contribution in [2.45, 2.75) is 31.8 Å². The van der Waals surface area contributed by atoms with Crippen LogP contribution < -0.4 is 25.3 Å². The van der Waals surface area contributed by atoms with Crippen molar-refractivity contribution in [2.75, 3.05) is 46.5 Å². The van der Waals surface area contributed by atoms with Crippen molar-refractivity contribution >= 4 is 11.8 Å². The molecule has 0 bridgehead atoms. The Hall–Kier alpha value is -2.52. The topological polar surface area (TPSA) is 123 Å². The number of rotatable bonds is 8. The van der Waals surface area contributed by atoms with Crippen LogP contribution in [0.4, 0.5) is 0 Å². The number of nitrogens with one attached hydrogen (secondary N) is 1. The number of aliphatic hydroxyl groups excluding tert-OH is 1. The zero-order valence-corrected chi connectivity index (χ0v) is 17.4. The minimum atomic E-state index is -0.541. The number of aliphatic hydroxyl groups is 1. The molecule has 9 nitrogen and oxygen atoms in total. The van der Waals surface area contributed by atoms with Gasteiger partial charge in [0, 0.05) is 31.8 Å². The molecule has 0 radical (unpaired) electrons. The number of nitrogens with two attached hydrogens (primary N) is 1. The van der Waals surface area contributed by atoms with Crippen LogP contribution in [0.3, 0.4) is 0 Å². The van der Waals surface area contributed by atoms with Crippen molar-refractivity contribution in [3.63, 3.8) is 0 Å². The number of likely N-dealkylation sites (tertiary alicyclic amines) is 1. The second-order valence-electron chi connectivity index (χ2n) is 7.72. The third-order valence-electron chi connectivity index (χ3n) is 5.55. The number of carbonyl (C=O) groups excluding carboxylic acids is 2. The number of hydrogen-bond donors (Lipinski definition) is 3. The van der Waals surface area contributed by atoms with Gasteiger partial charge in [-0.15, -0.1) is 0 Å². The van der Waals surface area contributed by atoms with Gasteiger partial charge >= 0.3 is 0 Å². The first-order valence-electron chi connectivity index (χ1n) is 10.4. The van der Waals surface area contributed by atoms with Crippen LogP contribution in [0.2, 0.25) is 0 Å². The number of β-amino-alcohol motifs (C(OH)–C–C–N with tert-alkyl or cyclic N) is 1. The average molecular weight is 421 g/mol. The van der Waals surface area contributed by atoms with Crippen LogP contribution in [0.1, 0.15) is 36.0 Å². The van der Waals surface area contributed by atoms with Crippen molar-refractivity contribution in [1.29, 1.82) is 0 Å². The van der Waals surface area contributed by atoms with Crippen LogP contribution in [0, 0.1) is 5.92 Å². The third kappa shape index (κ3) is 5.54. The van der Waals surface area contributed by atoms with Crippen molar-refractivity contribution in [3.8, 4) is 17.2 Å². The number of carbonyl (C=O) groups is 2. The highest BCUT2D eigenvalue weighted by molar-refractivity contribution is 5.98. The number of fused-ring (bicyclic) bond motifs is 1. The van der Waals surface area contributed by atoms with E-state index in [0.29, 0.717) is 62.0 Å². The quantitative estimate of drug-likeness (QED) is 0.560. The Morgan fingerprint density at radius 1 is 1.30 bits per heavy atom. The monoisotopic (exact) mass is 421 g/mol. The second-order valence-corrected chi connectivity index (χ2v) is 7.72. The van der Waals surface area contributed by atoms with E-state index >= 15 is 0 Å². The Morgan fingerprint density at radius 3 is 2.77 bits per heavy atom. The van der Waals surface area contributed by atoms with E-state index in [9.17, 15) is 14.7 Å². The van der Waals surface area contributed by atoms with E-state index in [0.717, 1.165) is 25.9 Å². The summed E-state index contributed by atoms with van der Waals surface area (Å²) in [5.41, 5.74) is 5.56. The Kier molecular flexibility index (Phi) is 7.75. The molecule has 3 rings (SSSR count). The van der Waals surface area contributed by atoms with Crippen molar-refractivity contribution in [2.24, 2.45) is 11.7 Å². The zero-order chi connectivity index (χ0) is 21.5. The van der Waals surface area contributed by atoms with Gasteiger partial charge in [0.05, 0.1) is 32.0 Å². The van der Waals surface area contributed by atoms with Gasteiger partial charge in [0.25, 0.3) is 5.91 Å². The molecule has 2 unspecified atom stereocenters. The molecule has 2 amide bonds. The van der Waals surface area contributed by atoms with Crippen LogP contribution in [-0.4, -0.2) is 74.4 Å². The molecule has 4 N–H and O–H groups in total. The van der Waals surface area contributed by atoms with E-state index in [4.69, 9.17) is 19.9 Å². The first kappa shape index (κ1) is 22.2. The van der Waals surface area contributed by atoms with E-state index in [-0.39, 0.29) is 17.7 Å². The molecule has 0 saturated carbocycles. The second kappa shape index (κ2) is 10.5. The summed E-state index contributed by atoms with van der Waals surface area (Å²) in [5, 5.41) is 13.4. The summed E-state index contributed by atoms with van der Waals surface area (Å²) in [6.07, 6.45) is 1.99. The molecule has 2 aliphatic heterocycles. The smallest absolute Gasteiger partial charge is 0.255 e. The highest BCUT2D eigenvalue weighted by Crippen LogP contribution is 2.41. The minimum absolute atomic E-state index is 0.0321. The number of methoxy groups -OCH3 is 1. The lowest BCUT2D eigenvalue weighted by molar-refractivity contribution is -0.118. The fraction of sp³-hybridized carbons (Fsp3) is 0.619. The summed E-state index contributed by atoms with van der Waals surface area (Å²) in [7, 11) is 1.55. The molecule has 9 heteroatoms. The molecule has 1 saturated heterocycles. The van der Waals surface area contributed by atoms with Crippen molar-refractivity contribution in [3.05, 3.63) is 17.7 Å². The highest BCUT2D eigenvalue weighted by atomic mass is 16.5. The van der Waals surface area contributed by atoms with Gasteiger partial charge in [-0.3, -0.25) is 9.59 Å². The Bertz CT molecular complexity index is 757. The number of ether oxygens (including phenoxy) is 3. The number of nitrogens with zero attached hydrogens (tertiary/aromatic N) is 1. The predicted octanol–water partition coefficient (Wildman–Crippen LogP) is 0.535. The lowest BCUT2D eigenvalue weighted by Gasteiger charge is -2.36. The molecule has 166 valence electrons. The Balaban J connectivity index is 1.55. The molecule has 1 aromatic carbocycles. The summed E-state index contributed by atoms with van der Waals surface area (Å²) < 4.78 is 16.8. The van der Waals surface area contributed by atoms with Crippen molar-refractivity contribution in [1.82, 2.24) is 10.2 Å². The molecule has 1 fully saturated rings. The molecule has 30 heavy (non-hydrogen) atoms. The molecular formula is C21H31N3O6. The van der Waals surface area contributed by atoms with Gasteiger partial charge < -0.3 is 35.3 Å². The standard InChI is InChI=1S/C21H31N3O6/c1-28-17-6-5-15(19-20(17)30-11-3-10-29-19)21(27)23-12-14-7-9-24(13-16(14)25)8-2-4-18(22)26/h5-6,14,16,25H,2-4,7-13H2,1H3,(H2,22,26)(H,23,27). The SMILES string of the molecule is COc1ccc(C(=O)NCC2CCN(CCCC(N)=O)CC2O)c2c1OCCCO2. The van der Waals surface area contributed by atoms with E-state index < -0.39 is 6.10 Å². The van der Waals surface area contributed by atoms with Gasteiger partial charge in [0.2, 0.25) is 11.7 Å². The largest absolute Gasteiger partial charge is 0.493 e. The van der Waals surface area contributed by atoms with E-state index in [1.807, 2.05) is 0 Å². The van der Waals surface area contributed by atoms with Gasteiger partial charge in [0.1, 0.15) is 0 Å². The zero-order valence-electron chi connectivity index (χ0n) is 17.4. The molecule has 0 spiro atoms. The van der Waals surface area contributed by atoms with E-state index in [1.165, 1.54) is 0 Å². The predicted molar refractivity (Wildman–Crippen MR) is 110 cm³/mol. The van der Waals surface area contributed by atoms with Gasteiger partial charge in [0.15, 0.2) is 11.5 Å².